The van der Waals surface area contributed by atoms with Crippen molar-refractivity contribution in [2.24, 2.45) is 5.92 Å². The maximum Gasteiger partial charge on any atom is 0.274 e. The molecule has 2 fully saturated rings. The van der Waals surface area contributed by atoms with Gasteiger partial charge < -0.3 is 14.9 Å². The zero-order chi connectivity index (χ0) is 15.7. The van der Waals surface area contributed by atoms with Gasteiger partial charge in [0.15, 0.2) is 5.69 Å². The number of halogens is 1. The fourth-order valence-electron chi connectivity index (χ4n) is 2.96. The number of anilines is 1. The highest BCUT2D eigenvalue weighted by Crippen LogP contribution is 2.23. The lowest BCUT2D eigenvalue weighted by Crippen LogP contribution is -2.46. The van der Waals surface area contributed by atoms with Crippen LogP contribution in [0, 0.1) is 5.92 Å². The van der Waals surface area contributed by atoms with Crippen LogP contribution in [-0.4, -0.2) is 58.2 Å². The third-order valence-corrected chi connectivity index (χ3v) is 4.81. The highest BCUT2D eigenvalue weighted by Gasteiger charge is 2.30. The first-order valence-electron chi connectivity index (χ1n) is 7.81. The zero-order valence-electron chi connectivity index (χ0n) is 12.7. The second-order valence-electron chi connectivity index (χ2n) is 6.15. The second-order valence-corrected chi connectivity index (χ2v) is 6.55. The second kappa shape index (κ2) is 6.38. The SMILES string of the molecule is CC1CCN(C(=O)c2nc(N3CCCC3)ncc2Cl)CC1O. The van der Waals surface area contributed by atoms with Crippen molar-refractivity contribution in [3.8, 4) is 0 Å². The Hall–Kier alpha value is -1.40. The Labute approximate surface area is 135 Å². The van der Waals surface area contributed by atoms with Gasteiger partial charge in [-0.25, -0.2) is 9.97 Å². The Morgan fingerprint density at radius 2 is 2.09 bits per heavy atom. The van der Waals surface area contributed by atoms with Crippen molar-refractivity contribution in [3.05, 3.63) is 16.9 Å². The molecule has 1 aromatic rings. The molecule has 3 heterocycles. The average Bonchev–Trinajstić information content (AvgIpc) is 3.04. The van der Waals surface area contributed by atoms with Gasteiger partial charge in [-0.2, -0.15) is 0 Å². The molecule has 1 aromatic heterocycles. The van der Waals surface area contributed by atoms with E-state index in [0.717, 1.165) is 32.4 Å². The molecule has 0 spiro atoms. The number of aliphatic hydroxyl groups excluding tert-OH is 1. The Balaban J connectivity index is 1.80. The van der Waals surface area contributed by atoms with Gasteiger partial charge in [-0.15, -0.1) is 0 Å². The van der Waals surface area contributed by atoms with E-state index in [9.17, 15) is 9.90 Å². The van der Waals surface area contributed by atoms with E-state index in [2.05, 4.69) is 14.9 Å². The lowest BCUT2D eigenvalue weighted by atomic mass is 9.96. The summed E-state index contributed by atoms with van der Waals surface area (Å²) in [5, 5.41) is 10.2. The molecule has 0 radical (unpaired) electrons. The van der Waals surface area contributed by atoms with Crippen LogP contribution in [0.2, 0.25) is 5.02 Å². The van der Waals surface area contributed by atoms with Crippen LogP contribution in [0.4, 0.5) is 5.95 Å². The molecule has 7 heteroatoms. The number of β-amino-alcohol motifs (C(OH)–C–C–N with tert-alkyl or cyclic N) is 1. The molecule has 2 atom stereocenters. The summed E-state index contributed by atoms with van der Waals surface area (Å²) in [6.07, 6.45) is 4.03. The predicted octanol–water partition coefficient (Wildman–Crippen LogP) is 1.57. The largest absolute Gasteiger partial charge is 0.391 e. The van der Waals surface area contributed by atoms with Gasteiger partial charge in [-0.05, 0) is 25.2 Å². The molecular formula is C15H21ClN4O2. The van der Waals surface area contributed by atoms with E-state index < -0.39 is 6.10 Å². The standard InChI is InChI=1S/C15H21ClN4O2/c1-10-4-7-20(9-12(10)21)14(22)13-11(16)8-17-15(18-13)19-5-2-3-6-19/h8,10,12,21H,2-7,9H2,1H3. The first-order valence-corrected chi connectivity index (χ1v) is 8.19. The highest BCUT2D eigenvalue weighted by atomic mass is 35.5. The molecule has 3 rings (SSSR count). The summed E-state index contributed by atoms with van der Waals surface area (Å²) in [5.41, 5.74) is 0.236. The van der Waals surface area contributed by atoms with Crippen LogP contribution in [-0.2, 0) is 0 Å². The molecule has 0 saturated carbocycles. The monoisotopic (exact) mass is 324 g/mol. The molecule has 2 aliphatic rings. The van der Waals surface area contributed by atoms with Gasteiger partial charge in [0.25, 0.3) is 5.91 Å². The van der Waals surface area contributed by atoms with Crippen LogP contribution in [0.25, 0.3) is 0 Å². The van der Waals surface area contributed by atoms with Gasteiger partial charge in [-0.1, -0.05) is 18.5 Å². The minimum Gasteiger partial charge on any atom is -0.391 e. The molecule has 0 aliphatic carbocycles. The normalized spacial score (nSPS) is 25.6. The fraction of sp³-hybridized carbons (Fsp3) is 0.667. The lowest BCUT2D eigenvalue weighted by molar-refractivity contribution is 0.0245. The lowest BCUT2D eigenvalue weighted by Gasteiger charge is -2.34. The van der Waals surface area contributed by atoms with Crippen molar-refractivity contribution in [1.82, 2.24) is 14.9 Å². The van der Waals surface area contributed by atoms with E-state index in [1.807, 2.05) is 6.92 Å². The maximum absolute atomic E-state index is 12.7. The highest BCUT2D eigenvalue weighted by molar-refractivity contribution is 6.33. The van der Waals surface area contributed by atoms with Crippen molar-refractivity contribution in [1.29, 1.82) is 0 Å². The Bertz CT molecular complexity index is 562. The molecular weight excluding hydrogens is 304 g/mol. The van der Waals surface area contributed by atoms with Gasteiger partial charge in [0.2, 0.25) is 5.95 Å². The molecule has 2 saturated heterocycles. The van der Waals surface area contributed by atoms with Crippen molar-refractivity contribution in [3.63, 3.8) is 0 Å². The van der Waals surface area contributed by atoms with Gasteiger partial charge in [0.1, 0.15) is 0 Å². The summed E-state index contributed by atoms with van der Waals surface area (Å²) in [4.78, 5) is 25.0. The Morgan fingerprint density at radius 1 is 1.36 bits per heavy atom. The number of carbonyl (C=O) groups is 1. The van der Waals surface area contributed by atoms with Gasteiger partial charge in [0.05, 0.1) is 17.3 Å². The topological polar surface area (TPSA) is 69.6 Å². The smallest absolute Gasteiger partial charge is 0.274 e. The maximum atomic E-state index is 12.7. The predicted molar refractivity (Wildman–Crippen MR) is 84.2 cm³/mol. The van der Waals surface area contributed by atoms with E-state index in [1.54, 1.807) is 4.90 Å². The van der Waals surface area contributed by atoms with E-state index in [-0.39, 0.29) is 22.5 Å². The summed E-state index contributed by atoms with van der Waals surface area (Å²) in [5.74, 6) is 0.556. The van der Waals surface area contributed by atoms with Gasteiger partial charge in [0, 0.05) is 26.2 Å². The van der Waals surface area contributed by atoms with Crippen LogP contribution in [0.5, 0.6) is 0 Å². The summed E-state index contributed by atoms with van der Waals surface area (Å²) in [6, 6.07) is 0. The van der Waals surface area contributed by atoms with Crippen LogP contribution in [0.1, 0.15) is 36.7 Å². The van der Waals surface area contributed by atoms with E-state index >= 15 is 0 Å². The molecule has 1 amide bonds. The molecule has 22 heavy (non-hydrogen) atoms. The quantitative estimate of drug-likeness (QED) is 0.894. The first-order chi connectivity index (χ1) is 10.6. The molecule has 0 aromatic carbocycles. The van der Waals surface area contributed by atoms with E-state index in [0.29, 0.717) is 19.0 Å². The fourth-order valence-corrected chi connectivity index (χ4v) is 3.13. The molecule has 1 N–H and O–H groups in total. The Morgan fingerprint density at radius 3 is 2.77 bits per heavy atom. The Kier molecular flexibility index (Phi) is 4.49. The third kappa shape index (κ3) is 3.03. The van der Waals surface area contributed by atoms with Gasteiger partial charge >= 0.3 is 0 Å². The van der Waals surface area contributed by atoms with Crippen molar-refractivity contribution < 1.29 is 9.90 Å². The number of amides is 1. The number of rotatable bonds is 2. The van der Waals surface area contributed by atoms with Gasteiger partial charge in [-0.3, -0.25) is 4.79 Å². The van der Waals surface area contributed by atoms with Crippen LogP contribution in [0.3, 0.4) is 0 Å². The molecule has 2 aliphatic heterocycles. The number of aliphatic hydroxyl groups is 1. The molecule has 0 bridgehead atoms. The minimum absolute atomic E-state index is 0.213. The number of carbonyl (C=O) groups excluding carboxylic acids is 1. The number of nitrogens with zero attached hydrogens (tertiary/aromatic N) is 4. The molecule has 120 valence electrons. The van der Waals surface area contributed by atoms with Crippen molar-refractivity contribution in [2.75, 3.05) is 31.1 Å². The summed E-state index contributed by atoms with van der Waals surface area (Å²) >= 11 is 6.13. The summed E-state index contributed by atoms with van der Waals surface area (Å²) in [7, 11) is 0. The average molecular weight is 325 g/mol. The summed E-state index contributed by atoms with van der Waals surface area (Å²) in [6.45, 7) is 4.77. The zero-order valence-corrected chi connectivity index (χ0v) is 13.5. The van der Waals surface area contributed by atoms with E-state index in [1.165, 1.54) is 6.20 Å². The number of hydrogen-bond acceptors (Lipinski definition) is 5. The number of likely N-dealkylation sites (tertiary alicyclic amines) is 1. The van der Waals surface area contributed by atoms with Crippen molar-refractivity contribution in [2.45, 2.75) is 32.3 Å². The minimum atomic E-state index is -0.489. The number of piperidine rings is 1. The third-order valence-electron chi connectivity index (χ3n) is 4.53. The van der Waals surface area contributed by atoms with E-state index in [4.69, 9.17) is 11.6 Å². The molecule has 2 unspecified atom stereocenters. The number of hydrogen-bond donors (Lipinski definition) is 1. The van der Waals surface area contributed by atoms with Crippen LogP contribution >= 0.6 is 11.6 Å². The van der Waals surface area contributed by atoms with Crippen LogP contribution < -0.4 is 4.90 Å². The van der Waals surface area contributed by atoms with Crippen LogP contribution in [0.15, 0.2) is 6.20 Å². The first kappa shape index (κ1) is 15.5. The molecule has 6 nitrogen and oxygen atoms in total. The number of aromatic nitrogens is 2. The summed E-state index contributed by atoms with van der Waals surface area (Å²) < 4.78 is 0. The van der Waals surface area contributed by atoms with Crippen molar-refractivity contribution >= 4 is 23.5 Å².